The van der Waals surface area contributed by atoms with Crippen LogP contribution in [-0.2, 0) is 20.8 Å². The van der Waals surface area contributed by atoms with Crippen molar-refractivity contribution in [3.8, 4) is 11.5 Å². The first kappa shape index (κ1) is 15.6. The molecule has 102 valence electrons. The second kappa shape index (κ2) is 7.22. The van der Waals surface area contributed by atoms with E-state index in [0.717, 1.165) is 0 Å². The van der Waals surface area contributed by atoms with Gasteiger partial charge in [-0.1, -0.05) is 28.7 Å². The van der Waals surface area contributed by atoms with Gasteiger partial charge in [0.25, 0.3) is 0 Å². The van der Waals surface area contributed by atoms with Gasteiger partial charge in [-0.2, -0.15) is 0 Å². The highest BCUT2D eigenvalue weighted by molar-refractivity contribution is 14.1. The van der Waals surface area contributed by atoms with E-state index in [9.17, 15) is 14.4 Å². The first-order chi connectivity index (χ1) is 8.92. The Balaban J connectivity index is 3.03. The van der Waals surface area contributed by atoms with Crippen molar-refractivity contribution in [3.63, 3.8) is 0 Å². The van der Waals surface area contributed by atoms with E-state index in [1.54, 1.807) is 6.07 Å². The van der Waals surface area contributed by atoms with E-state index in [4.69, 9.17) is 9.47 Å². The molecule has 0 amide bonds. The molecule has 1 rings (SSSR count). The number of benzene rings is 1. The highest BCUT2D eigenvalue weighted by Crippen LogP contribution is 2.29. The molecule has 0 saturated carbocycles. The molecule has 0 spiro atoms. The molecule has 0 aliphatic rings. The minimum atomic E-state index is -0.522. The Kier molecular flexibility index (Phi) is 5.94. The average Bonchev–Trinajstić information content (AvgIpc) is 2.31. The van der Waals surface area contributed by atoms with Gasteiger partial charge in [-0.3, -0.25) is 14.4 Å². The molecule has 0 radical (unpaired) electrons. The number of alkyl halides is 1. The molecule has 0 aromatic heterocycles. The predicted molar refractivity (Wildman–Crippen MR) is 76.7 cm³/mol. The Morgan fingerprint density at radius 2 is 1.63 bits per heavy atom. The highest BCUT2D eigenvalue weighted by Gasteiger charge is 2.12. The van der Waals surface area contributed by atoms with Gasteiger partial charge in [0.1, 0.15) is 5.78 Å². The summed E-state index contributed by atoms with van der Waals surface area (Å²) in [6.45, 7) is 2.51. The third-order valence-electron chi connectivity index (χ3n) is 2.07. The maximum Gasteiger partial charge on any atom is 0.308 e. The van der Waals surface area contributed by atoms with Crippen molar-refractivity contribution in [1.82, 2.24) is 0 Å². The van der Waals surface area contributed by atoms with Crippen LogP contribution in [0.4, 0.5) is 0 Å². The van der Waals surface area contributed by atoms with Gasteiger partial charge in [-0.05, 0) is 17.7 Å². The van der Waals surface area contributed by atoms with Gasteiger partial charge in [-0.25, -0.2) is 0 Å². The van der Waals surface area contributed by atoms with E-state index in [-0.39, 0.29) is 23.7 Å². The van der Waals surface area contributed by atoms with Crippen LogP contribution in [-0.4, -0.2) is 22.1 Å². The Morgan fingerprint density at radius 1 is 1.05 bits per heavy atom. The van der Waals surface area contributed by atoms with Crippen molar-refractivity contribution in [2.45, 2.75) is 20.3 Å². The van der Waals surface area contributed by atoms with E-state index in [0.29, 0.717) is 9.99 Å². The summed E-state index contributed by atoms with van der Waals surface area (Å²) in [5.74, 6) is -0.667. The second-order valence-corrected chi connectivity index (χ2v) is 4.58. The molecule has 6 heteroatoms. The summed E-state index contributed by atoms with van der Waals surface area (Å²) in [6.07, 6.45) is 0.248. The van der Waals surface area contributed by atoms with Crippen molar-refractivity contribution >= 4 is 40.3 Å². The van der Waals surface area contributed by atoms with Crippen molar-refractivity contribution in [1.29, 1.82) is 0 Å². The highest BCUT2D eigenvalue weighted by atomic mass is 127. The summed E-state index contributed by atoms with van der Waals surface area (Å²) in [5.41, 5.74) is 0.703. The van der Waals surface area contributed by atoms with E-state index in [2.05, 4.69) is 0 Å². The zero-order valence-electron chi connectivity index (χ0n) is 10.6. The molecular formula is C13H13IO5. The molecular weight excluding hydrogens is 363 g/mol. The molecule has 1 aromatic rings. The smallest absolute Gasteiger partial charge is 0.308 e. The van der Waals surface area contributed by atoms with Crippen molar-refractivity contribution < 1.29 is 23.9 Å². The number of ether oxygens (including phenoxy) is 2. The number of hydrogen-bond acceptors (Lipinski definition) is 5. The molecule has 1 aromatic carbocycles. The van der Waals surface area contributed by atoms with Crippen LogP contribution in [0.1, 0.15) is 19.4 Å². The Morgan fingerprint density at radius 3 is 2.16 bits per heavy atom. The van der Waals surface area contributed by atoms with Gasteiger partial charge in [0.2, 0.25) is 0 Å². The fourth-order valence-corrected chi connectivity index (χ4v) is 1.68. The lowest BCUT2D eigenvalue weighted by Gasteiger charge is -2.10. The first-order valence-electron chi connectivity index (χ1n) is 5.49. The van der Waals surface area contributed by atoms with Crippen LogP contribution in [0.5, 0.6) is 11.5 Å². The van der Waals surface area contributed by atoms with Gasteiger partial charge in [0, 0.05) is 20.3 Å². The topological polar surface area (TPSA) is 69.7 Å². The molecule has 0 bridgehead atoms. The maximum absolute atomic E-state index is 11.4. The zero-order chi connectivity index (χ0) is 14.4. The quantitative estimate of drug-likeness (QED) is 0.341. The van der Waals surface area contributed by atoms with Crippen LogP contribution in [0.15, 0.2) is 18.2 Å². The molecule has 0 aliphatic carbocycles. The van der Waals surface area contributed by atoms with Crippen molar-refractivity contribution in [3.05, 3.63) is 23.8 Å². The van der Waals surface area contributed by atoms with Crippen LogP contribution in [0.25, 0.3) is 0 Å². The number of carbonyl (C=O) groups excluding carboxylic acids is 3. The summed E-state index contributed by atoms with van der Waals surface area (Å²) < 4.78 is 10.3. The number of halogens is 1. The maximum atomic E-state index is 11.4. The fraction of sp³-hybridized carbons (Fsp3) is 0.308. The Hall–Kier alpha value is -1.44. The van der Waals surface area contributed by atoms with E-state index in [1.165, 1.54) is 26.0 Å². The average molecular weight is 376 g/mol. The number of hydrogen-bond donors (Lipinski definition) is 0. The zero-order valence-corrected chi connectivity index (χ0v) is 12.7. The second-order valence-electron chi connectivity index (χ2n) is 3.82. The fourth-order valence-electron chi connectivity index (χ4n) is 1.41. The molecule has 0 unspecified atom stereocenters. The number of esters is 2. The van der Waals surface area contributed by atoms with Gasteiger partial charge < -0.3 is 9.47 Å². The third kappa shape index (κ3) is 5.37. The molecule has 0 fully saturated rings. The van der Waals surface area contributed by atoms with Crippen LogP contribution in [0.2, 0.25) is 0 Å². The largest absolute Gasteiger partial charge is 0.423 e. The summed E-state index contributed by atoms with van der Waals surface area (Å²) in [7, 11) is 0. The molecule has 19 heavy (non-hydrogen) atoms. The SMILES string of the molecule is CC(=O)Oc1ccc(CC(=O)CI)cc1OC(C)=O. The standard InChI is InChI=1S/C13H13IO5/c1-8(15)18-12-4-3-10(5-11(17)7-14)6-13(12)19-9(2)16/h3-4,6H,5,7H2,1-2H3. The number of ketones is 1. The number of Topliss-reactive ketones (excluding diaryl/α,β-unsaturated/α-hetero) is 1. The van der Waals surface area contributed by atoms with Gasteiger partial charge in [-0.15, -0.1) is 0 Å². The molecule has 5 nitrogen and oxygen atoms in total. The lowest BCUT2D eigenvalue weighted by molar-refractivity contribution is -0.134. The monoisotopic (exact) mass is 376 g/mol. The molecule has 0 atom stereocenters. The van der Waals surface area contributed by atoms with Crippen LogP contribution in [0.3, 0.4) is 0 Å². The minimum absolute atomic E-state index is 0.0645. The van der Waals surface area contributed by atoms with E-state index < -0.39 is 11.9 Å². The van der Waals surface area contributed by atoms with Crippen LogP contribution < -0.4 is 9.47 Å². The molecule has 0 heterocycles. The van der Waals surface area contributed by atoms with E-state index >= 15 is 0 Å². The summed E-state index contributed by atoms with van der Waals surface area (Å²) in [6, 6.07) is 4.70. The van der Waals surface area contributed by atoms with Gasteiger partial charge >= 0.3 is 11.9 Å². The number of rotatable bonds is 5. The summed E-state index contributed by atoms with van der Waals surface area (Å²) in [5, 5.41) is 0. The molecule has 0 aliphatic heterocycles. The summed E-state index contributed by atoms with van der Waals surface area (Å²) in [4.78, 5) is 33.3. The van der Waals surface area contributed by atoms with Crippen LogP contribution in [0, 0.1) is 0 Å². The predicted octanol–water partition coefficient (Wildman–Crippen LogP) is 2.08. The van der Waals surface area contributed by atoms with Gasteiger partial charge in [0.05, 0.1) is 4.43 Å². The third-order valence-corrected chi connectivity index (χ3v) is 2.92. The number of carbonyl (C=O) groups is 3. The summed E-state index contributed by atoms with van der Waals surface area (Å²) >= 11 is 1.99. The van der Waals surface area contributed by atoms with Crippen molar-refractivity contribution in [2.75, 3.05) is 4.43 Å². The van der Waals surface area contributed by atoms with Gasteiger partial charge in [0.15, 0.2) is 11.5 Å². The lowest BCUT2D eigenvalue weighted by Crippen LogP contribution is -2.09. The Bertz CT molecular complexity index is 510. The minimum Gasteiger partial charge on any atom is -0.423 e. The van der Waals surface area contributed by atoms with Crippen LogP contribution >= 0.6 is 22.6 Å². The van der Waals surface area contributed by atoms with E-state index in [1.807, 2.05) is 22.6 Å². The lowest BCUT2D eigenvalue weighted by atomic mass is 10.1. The Labute approximate surface area is 124 Å². The molecule has 0 saturated heterocycles. The molecule has 0 N–H and O–H groups in total. The normalized spacial score (nSPS) is 9.84. The van der Waals surface area contributed by atoms with Crippen molar-refractivity contribution in [2.24, 2.45) is 0 Å². The first-order valence-corrected chi connectivity index (χ1v) is 7.02.